The van der Waals surface area contributed by atoms with Crippen LogP contribution in [0.15, 0.2) is 23.1 Å². The van der Waals surface area contributed by atoms with E-state index in [2.05, 4.69) is 15.9 Å². The number of piperidine rings is 1. The normalized spacial score (nSPS) is 18.7. The number of halogens is 3. The maximum Gasteiger partial charge on any atom is 0.243 e. The van der Waals surface area contributed by atoms with Crippen molar-refractivity contribution in [3.05, 3.63) is 28.2 Å². The molecule has 19 heavy (non-hydrogen) atoms. The third kappa shape index (κ3) is 3.45. The van der Waals surface area contributed by atoms with Gasteiger partial charge in [0.2, 0.25) is 10.0 Å². The van der Waals surface area contributed by atoms with Crippen LogP contribution >= 0.6 is 39.1 Å². The van der Waals surface area contributed by atoms with E-state index >= 15 is 0 Å². The molecule has 0 N–H and O–H groups in total. The van der Waals surface area contributed by atoms with Crippen LogP contribution in [0.4, 0.5) is 0 Å². The number of rotatable bonds is 3. The van der Waals surface area contributed by atoms with Crippen LogP contribution in [0.5, 0.6) is 0 Å². The molecule has 1 fully saturated rings. The van der Waals surface area contributed by atoms with Gasteiger partial charge >= 0.3 is 0 Å². The molecule has 1 saturated heterocycles. The van der Waals surface area contributed by atoms with Crippen molar-refractivity contribution in [1.82, 2.24) is 4.31 Å². The van der Waals surface area contributed by atoms with Gasteiger partial charge in [-0.2, -0.15) is 4.31 Å². The summed E-state index contributed by atoms with van der Waals surface area (Å²) in [5, 5.41) is 1.55. The Morgan fingerprint density at radius 1 is 1.21 bits per heavy atom. The van der Waals surface area contributed by atoms with E-state index in [0.717, 1.165) is 18.2 Å². The van der Waals surface area contributed by atoms with Crippen molar-refractivity contribution in [3.8, 4) is 0 Å². The van der Waals surface area contributed by atoms with Crippen molar-refractivity contribution >= 4 is 49.2 Å². The second-order valence-electron chi connectivity index (χ2n) is 4.58. The molecule has 0 atom stereocenters. The largest absolute Gasteiger partial charge is 0.243 e. The molecule has 0 amide bonds. The van der Waals surface area contributed by atoms with E-state index in [1.54, 1.807) is 0 Å². The van der Waals surface area contributed by atoms with Gasteiger partial charge in [-0.15, -0.1) is 0 Å². The van der Waals surface area contributed by atoms with Crippen LogP contribution in [0.25, 0.3) is 0 Å². The Bertz CT molecular complexity index is 557. The van der Waals surface area contributed by atoms with E-state index < -0.39 is 10.0 Å². The molecular weight excluding hydrogens is 373 g/mol. The van der Waals surface area contributed by atoms with Gasteiger partial charge in [0.1, 0.15) is 0 Å². The predicted molar refractivity (Wildman–Crippen MR) is 81.7 cm³/mol. The molecule has 1 aliphatic rings. The summed E-state index contributed by atoms with van der Waals surface area (Å²) in [5.41, 5.74) is 0. The minimum Gasteiger partial charge on any atom is -0.207 e. The Kier molecular flexibility index (Phi) is 5.17. The maximum absolute atomic E-state index is 12.5. The molecule has 1 aromatic rings. The van der Waals surface area contributed by atoms with Gasteiger partial charge in [-0.25, -0.2) is 8.42 Å². The molecule has 0 aromatic heterocycles. The highest BCUT2D eigenvalue weighted by molar-refractivity contribution is 9.09. The lowest BCUT2D eigenvalue weighted by molar-refractivity contribution is 0.292. The number of sulfonamides is 1. The van der Waals surface area contributed by atoms with E-state index in [9.17, 15) is 8.42 Å². The lowest BCUT2D eigenvalue weighted by atomic mass is 10.0. The van der Waals surface area contributed by atoms with E-state index in [4.69, 9.17) is 23.2 Å². The third-order valence-electron chi connectivity index (χ3n) is 3.32. The highest BCUT2D eigenvalue weighted by atomic mass is 79.9. The molecule has 0 aliphatic carbocycles. The van der Waals surface area contributed by atoms with Gasteiger partial charge in [-0.1, -0.05) is 39.1 Å². The summed E-state index contributed by atoms with van der Waals surface area (Å²) in [4.78, 5) is 0.208. The van der Waals surface area contributed by atoms with Crippen LogP contribution in [0.2, 0.25) is 10.0 Å². The monoisotopic (exact) mass is 385 g/mol. The summed E-state index contributed by atoms with van der Waals surface area (Å²) < 4.78 is 26.4. The summed E-state index contributed by atoms with van der Waals surface area (Å²) in [6.45, 7) is 1.11. The summed E-state index contributed by atoms with van der Waals surface area (Å²) >= 11 is 15.1. The number of alkyl halides is 1. The SMILES string of the molecule is O=S(=O)(c1ccc(Cl)c(Cl)c1)N1CCC(CBr)CC1. The molecule has 106 valence electrons. The lowest BCUT2D eigenvalue weighted by Crippen LogP contribution is -2.38. The third-order valence-corrected chi connectivity index (χ3v) is 6.87. The van der Waals surface area contributed by atoms with Gasteiger partial charge in [-0.3, -0.25) is 0 Å². The van der Waals surface area contributed by atoms with E-state index in [0.29, 0.717) is 24.0 Å². The molecule has 0 spiro atoms. The fourth-order valence-corrected chi connectivity index (χ4v) is 4.60. The van der Waals surface area contributed by atoms with Crippen LogP contribution < -0.4 is 0 Å². The lowest BCUT2D eigenvalue weighted by Gasteiger charge is -2.30. The first kappa shape index (κ1) is 15.6. The van der Waals surface area contributed by atoms with Gasteiger partial charge in [0.05, 0.1) is 14.9 Å². The first-order valence-electron chi connectivity index (χ1n) is 5.96. The fourth-order valence-electron chi connectivity index (χ4n) is 2.09. The van der Waals surface area contributed by atoms with Crippen molar-refractivity contribution in [1.29, 1.82) is 0 Å². The van der Waals surface area contributed by atoms with Crippen LogP contribution in [-0.4, -0.2) is 31.1 Å². The first-order chi connectivity index (χ1) is 8.95. The molecule has 1 aromatic carbocycles. The molecule has 0 unspecified atom stereocenters. The average Bonchev–Trinajstić information content (AvgIpc) is 2.41. The highest BCUT2D eigenvalue weighted by Crippen LogP contribution is 2.29. The number of hydrogen-bond acceptors (Lipinski definition) is 2. The average molecular weight is 387 g/mol. The van der Waals surface area contributed by atoms with Gasteiger partial charge in [-0.05, 0) is 37.0 Å². The molecule has 2 rings (SSSR count). The predicted octanol–water partition coefficient (Wildman–Crippen LogP) is 3.79. The van der Waals surface area contributed by atoms with Gasteiger partial charge < -0.3 is 0 Å². The van der Waals surface area contributed by atoms with Crippen LogP contribution in [0.3, 0.4) is 0 Å². The molecular formula is C12H14BrCl2NO2S. The van der Waals surface area contributed by atoms with Crippen molar-refractivity contribution in [3.63, 3.8) is 0 Å². The topological polar surface area (TPSA) is 37.4 Å². The summed E-state index contributed by atoms with van der Waals surface area (Å²) in [7, 11) is -3.46. The quantitative estimate of drug-likeness (QED) is 0.741. The number of nitrogens with zero attached hydrogens (tertiary/aromatic N) is 1. The summed E-state index contributed by atoms with van der Waals surface area (Å²) in [5.74, 6) is 0.556. The van der Waals surface area contributed by atoms with Crippen molar-refractivity contribution in [2.45, 2.75) is 17.7 Å². The van der Waals surface area contributed by atoms with Crippen LogP contribution in [0.1, 0.15) is 12.8 Å². The smallest absolute Gasteiger partial charge is 0.207 e. The van der Waals surface area contributed by atoms with Crippen LogP contribution in [0, 0.1) is 5.92 Å². The van der Waals surface area contributed by atoms with Crippen molar-refractivity contribution < 1.29 is 8.42 Å². The van der Waals surface area contributed by atoms with Gasteiger partial charge in [0.25, 0.3) is 0 Å². The van der Waals surface area contributed by atoms with Crippen molar-refractivity contribution in [2.75, 3.05) is 18.4 Å². The Morgan fingerprint density at radius 2 is 1.84 bits per heavy atom. The Morgan fingerprint density at radius 3 is 2.37 bits per heavy atom. The number of benzene rings is 1. The molecule has 1 aliphatic heterocycles. The minimum absolute atomic E-state index is 0.208. The molecule has 7 heteroatoms. The first-order valence-corrected chi connectivity index (χ1v) is 9.28. The van der Waals surface area contributed by atoms with Crippen LogP contribution in [-0.2, 0) is 10.0 Å². The minimum atomic E-state index is -3.46. The van der Waals surface area contributed by atoms with E-state index in [1.807, 2.05) is 0 Å². The Balaban J connectivity index is 2.21. The summed E-state index contributed by atoms with van der Waals surface area (Å²) in [6, 6.07) is 4.43. The van der Waals surface area contributed by atoms with E-state index in [1.165, 1.54) is 22.5 Å². The highest BCUT2D eigenvalue weighted by Gasteiger charge is 2.29. The van der Waals surface area contributed by atoms with Gasteiger partial charge in [0, 0.05) is 18.4 Å². The second-order valence-corrected chi connectivity index (χ2v) is 7.98. The van der Waals surface area contributed by atoms with Crippen molar-refractivity contribution in [2.24, 2.45) is 5.92 Å². The molecule has 0 saturated carbocycles. The zero-order valence-corrected chi connectivity index (χ0v) is 14.1. The standard InChI is InChI=1S/C12H14BrCl2NO2S/c13-8-9-3-5-16(6-4-9)19(17,18)10-1-2-11(14)12(15)7-10/h1-2,7,9H,3-6,8H2. The van der Waals surface area contributed by atoms with Gasteiger partial charge in [0.15, 0.2) is 0 Å². The zero-order valence-electron chi connectivity index (χ0n) is 10.2. The zero-order chi connectivity index (χ0) is 14.0. The maximum atomic E-state index is 12.5. The Labute approximate surface area is 132 Å². The molecule has 0 radical (unpaired) electrons. The number of hydrogen-bond donors (Lipinski definition) is 0. The molecule has 3 nitrogen and oxygen atoms in total. The fraction of sp³-hybridized carbons (Fsp3) is 0.500. The molecule has 0 bridgehead atoms. The second kappa shape index (κ2) is 6.31. The molecule has 1 heterocycles. The Hall–Kier alpha value is 0.190. The van der Waals surface area contributed by atoms with E-state index in [-0.39, 0.29) is 9.92 Å². The summed E-state index contributed by atoms with van der Waals surface area (Å²) in [6.07, 6.45) is 1.76.